The Hall–Kier alpha value is -2.62. The van der Waals surface area contributed by atoms with E-state index in [0.717, 1.165) is 5.56 Å². The summed E-state index contributed by atoms with van der Waals surface area (Å²) in [6.07, 6.45) is 2.90. The summed E-state index contributed by atoms with van der Waals surface area (Å²) in [5.74, 6) is 4.83. The lowest BCUT2D eigenvalue weighted by Gasteiger charge is -2.11. The molecule has 0 spiro atoms. The van der Waals surface area contributed by atoms with Gasteiger partial charge in [0.2, 0.25) is 0 Å². The number of nitrogens with zero attached hydrogens (tertiary/aromatic N) is 1. The van der Waals surface area contributed by atoms with Gasteiger partial charge in [0.25, 0.3) is 0 Å². The van der Waals surface area contributed by atoms with Gasteiger partial charge in [0.05, 0.1) is 6.21 Å². The van der Waals surface area contributed by atoms with Crippen LogP contribution in [0.5, 0.6) is 5.75 Å². The number of rotatable bonds is 3. The molecular formula is C16H15FN2O. The maximum absolute atomic E-state index is 14.0. The quantitative estimate of drug-likeness (QED) is 0.510. The van der Waals surface area contributed by atoms with E-state index in [2.05, 4.69) is 11.7 Å². The first-order valence-electron chi connectivity index (χ1n) is 6.06. The third-order valence-corrected chi connectivity index (χ3v) is 3.12. The molecule has 0 aliphatic heterocycles. The third-order valence-electron chi connectivity index (χ3n) is 3.12. The second-order valence-corrected chi connectivity index (χ2v) is 4.41. The molecule has 0 radical (unpaired) electrons. The van der Waals surface area contributed by atoms with Crippen LogP contribution in [0.25, 0.3) is 17.2 Å². The fraction of sp³-hybridized carbons (Fsp3) is 0.0625. The minimum absolute atomic E-state index is 0.00931. The van der Waals surface area contributed by atoms with Gasteiger partial charge < -0.3 is 10.9 Å². The maximum atomic E-state index is 14.0. The number of aromatic hydroxyl groups is 1. The molecule has 2 aromatic carbocycles. The Morgan fingerprint density at radius 1 is 1.35 bits per heavy atom. The molecular weight excluding hydrogens is 255 g/mol. The van der Waals surface area contributed by atoms with E-state index in [1.54, 1.807) is 12.1 Å². The van der Waals surface area contributed by atoms with E-state index in [0.29, 0.717) is 22.3 Å². The van der Waals surface area contributed by atoms with E-state index in [1.807, 2.05) is 13.0 Å². The number of halogens is 1. The first-order valence-corrected chi connectivity index (χ1v) is 6.06. The van der Waals surface area contributed by atoms with E-state index < -0.39 is 0 Å². The topological polar surface area (TPSA) is 58.6 Å². The SMILES string of the molecule is C=Cc1c(O)cc(-c2c(C)cccc2F)cc1/C=N\N. The number of phenolic OH excluding ortho intramolecular Hbond substituents is 1. The number of nitrogens with two attached hydrogens (primary N) is 1. The van der Waals surface area contributed by atoms with E-state index in [4.69, 9.17) is 5.84 Å². The molecule has 0 unspecified atom stereocenters. The Bertz CT molecular complexity index is 673. The number of aryl methyl sites for hydroxylation is 1. The maximum Gasteiger partial charge on any atom is 0.131 e. The Morgan fingerprint density at radius 2 is 2.10 bits per heavy atom. The van der Waals surface area contributed by atoms with Crippen molar-refractivity contribution in [1.82, 2.24) is 0 Å². The van der Waals surface area contributed by atoms with E-state index in [9.17, 15) is 9.50 Å². The second kappa shape index (κ2) is 5.57. The van der Waals surface area contributed by atoms with Gasteiger partial charge >= 0.3 is 0 Å². The van der Waals surface area contributed by atoms with Gasteiger partial charge in [-0.15, -0.1) is 0 Å². The number of hydrogen-bond acceptors (Lipinski definition) is 3. The first kappa shape index (κ1) is 13.8. The van der Waals surface area contributed by atoms with Crippen molar-refractivity contribution in [2.75, 3.05) is 0 Å². The highest BCUT2D eigenvalue weighted by molar-refractivity contribution is 5.90. The normalized spacial score (nSPS) is 10.9. The van der Waals surface area contributed by atoms with Crippen molar-refractivity contribution in [3.8, 4) is 16.9 Å². The molecule has 0 saturated carbocycles. The Labute approximate surface area is 116 Å². The molecule has 0 aliphatic rings. The van der Waals surface area contributed by atoms with Gasteiger partial charge in [-0.2, -0.15) is 5.10 Å². The Morgan fingerprint density at radius 3 is 2.70 bits per heavy atom. The summed E-state index contributed by atoms with van der Waals surface area (Å²) in [4.78, 5) is 0. The van der Waals surface area contributed by atoms with E-state index in [-0.39, 0.29) is 11.6 Å². The molecule has 0 atom stereocenters. The van der Waals surface area contributed by atoms with E-state index in [1.165, 1.54) is 24.4 Å². The standard InChI is InChI=1S/C16H15FN2O/c1-3-13-12(9-19-18)7-11(8-15(13)20)16-10(2)5-4-6-14(16)17/h3-9,20H,1,18H2,2H3/b19-9-. The van der Waals surface area contributed by atoms with Crippen molar-refractivity contribution < 1.29 is 9.50 Å². The Kier molecular flexibility index (Phi) is 3.84. The molecule has 0 fully saturated rings. The van der Waals surface area contributed by atoms with Crippen LogP contribution in [0.1, 0.15) is 16.7 Å². The molecule has 2 aromatic rings. The van der Waals surface area contributed by atoms with Crippen molar-refractivity contribution in [2.24, 2.45) is 10.9 Å². The summed E-state index contributed by atoms with van der Waals surface area (Å²) in [6, 6.07) is 8.08. The molecule has 0 heterocycles. The molecule has 0 aromatic heterocycles. The lowest BCUT2D eigenvalue weighted by atomic mass is 9.95. The average molecular weight is 270 g/mol. The molecule has 3 N–H and O–H groups in total. The minimum Gasteiger partial charge on any atom is -0.507 e. The molecule has 0 bridgehead atoms. The van der Waals surface area contributed by atoms with Crippen molar-refractivity contribution in [1.29, 1.82) is 0 Å². The predicted octanol–water partition coefficient (Wildman–Crippen LogP) is 3.44. The van der Waals surface area contributed by atoms with Crippen molar-refractivity contribution in [3.63, 3.8) is 0 Å². The summed E-state index contributed by atoms with van der Waals surface area (Å²) in [6.45, 7) is 5.45. The molecule has 3 nitrogen and oxygen atoms in total. The van der Waals surface area contributed by atoms with Gasteiger partial charge in [-0.05, 0) is 36.2 Å². The number of hydrogen-bond donors (Lipinski definition) is 2. The highest BCUT2D eigenvalue weighted by atomic mass is 19.1. The lowest BCUT2D eigenvalue weighted by Crippen LogP contribution is -1.95. The Balaban J connectivity index is 2.73. The molecule has 0 aliphatic carbocycles. The van der Waals surface area contributed by atoms with Gasteiger partial charge in [0.15, 0.2) is 0 Å². The highest BCUT2D eigenvalue weighted by Crippen LogP contribution is 2.33. The third kappa shape index (κ3) is 2.40. The zero-order chi connectivity index (χ0) is 14.7. The zero-order valence-electron chi connectivity index (χ0n) is 11.1. The molecule has 2 rings (SSSR count). The van der Waals surface area contributed by atoms with Crippen LogP contribution in [-0.4, -0.2) is 11.3 Å². The molecule has 102 valence electrons. The van der Waals surface area contributed by atoms with Crippen LogP contribution < -0.4 is 5.84 Å². The summed E-state index contributed by atoms with van der Waals surface area (Å²) < 4.78 is 14.0. The van der Waals surface area contributed by atoms with Gasteiger partial charge in [-0.1, -0.05) is 24.8 Å². The average Bonchev–Trinajstić information content (AvgIpc) is 2.38. The largest absolute Gasteiger partial charge is 0.507 e. The van der Waals surface area contributed by atoms with Crippen molar-refractivity contribution in [2.45, 2.75) is 6.92 Å². The second-order valence-electron chi connectivity index (χ2n) is 4.41. The van der Waals surface area contributed by atoms with E-state index >= 15 is 0 Å². The minimum atomic E-state index is -0.341. The van der Waals surface area contributed by atoms with Gasteiger partial charge in [0, 0.05) is 16.7 Å². The fourth-order valence-electron chi connectivity index (χ4n) is 2.21. The summed E-state index contributed by atoms with van der Waals surface area (Å²) >= 11 is 0. The van der Waals surface area contributed by atoms with Gasteiger partial charge in [-0.25, -0.2) is 4.39 Å². The monoisotopic (exact) mass is 270 g/mol. The molecule has 0 saturated heterocycles. The van der Waals surface area contributed by atoms with Gasteiger partial charge in [-0.3, -0.25) is 0 Å². The van der Waals surface area contributed by atoms with Crippen molar-refractivity contribution in [3.05, 3.63) is 59.4 Å². The van der Waals surface area contributed by atoms with Gasteiger partial charge in [0.1, 0.15) is 11.6 Å². The number of phenols is 1. The highest BCUT2D eigenvalue weighted by Gasteiger charge is 2.12. The van der Waals surface area contributed by atoms with Crippen LogP contribution in [0.3, 0.4) is 0 Å². The predicted molar refractivity (Wildman–Crippen MR) is 80.1 cm³/mol. The van der Waals surface area contributed by atoms with Crippen LogP contribution in [0, 0.1) is 12.7 Å². The van der Waals surface area contributed by atoms with Crippen LogP contribution in [0.2, 0.25) is 0 Å². The van der Waals surface area contributed by atoms with Crippen LogP contribution >= 0.6 is 0 Å². The first-order chi connectivity index (χ1) is 9.58. The fourth-order valence-corrected chi connectivity index (χ4v) is 2.21. The summed E-state index contributed by atoms with van der Waals surface area (Å²) in [5.41, 5.74) is 2.90. The number of benzene rings is 2. The molecule has 4 heteroatoms. The van der Waals surface area contributed by atoms with Crippen LogP contribution in [-0.2, 0) is 0 Å². The molecule has 0 amide bonds. The van der Waals surface area contributed by atoms with Crippen LogP contribution in [0.4, 0.5) is 4.39 Å². The lowest BCUT2D eigenvalue weighted by molar-refractivity contribution is 0.474. The summed E-state index contributed by atoms with van der Waals surface area (Å²) in [7, 11) is 0. The van der Waals surface area contributed by atoms with Crippen LogP contribution in [0.15, 0.2) is 42.0 Å². The number of hydrazone groups is 1. The molecule has 20 heavy (non-hydrogen) atoms. The zero-order valence-corrected chi connectivity index (χ0v) is 11.1. The van der Waals surface area contributed by atoms with Crippen molar-refractivity contribution >= 4 is 12.3 Å². The summed E-state index contributed by atoms with van der Waals surface area (Å²) in [5, 5.41) is 13.5. The smallest absolute Gasteiger partial charge is 0.131 e.